The molecule has 0 radical (unpaired) electrons. The van der Waals surface area contributed by atoms with Crippen LogP contribution in [0.3, 0.4) is 0 Å². The van der Waals surface area contributed by atoms with Crippen molar-refractivity contribution >= 4 is 5.88 Å². The van der Waals surface area contributed by atoms with Gasteiger partial charge in [-0.15, -0.1) is 0 Å². The summed E-state index contributed by atoms with van der Waals surface area (Å²) in [5.74, 6) is 1.04. The number of para-hydroxylation sites is 1. The second kappa shape index (κ2) is 5.09. The summed E-state index contributed by atoms with van der Waals surface area (Å²) in [5.41, 5.74) is 9.23. The van der Waals surface area contributed by atoms with E-state index in [1.807, 2.05) is 54.6 Å². The van der Waals surface area contributed by atoms with E-state index in [9.17, 15) is 0 Å². The molecule has 3 rings (SSSR count). The van der Waals surface area contributed by atoms with Crippen molar-refractivity contribution < 1.29 is 9.26 Å². The molecule has 20 heavy (non-hydrogen) atoms. The molecular formula is C16H14N2O2. The summed E-state index contributed by atoms with van der Waals surface area (Å²) in [4.78, 5) is 0. The number of nitrogens with two attached hydrogens (primary N) is 1. The average molecular weight is 266 g/mol. The minimum Gasteiger partial charge on any atom is -0.496 e. The maximum atomic E-state index is 5.93. The minimum atomic E-state index is 0.303. The smallest absolute Gasteiger partial charge is 0.230 e. The second-order valence-corrected chi connectivity index (χ2v) is 4.34. The molecular weight excluding hydrogens is 252 g/mol. The summed E-state index contributed by atoms with van der Waals surface area (Å²) >= 11 is 0. The zero-order chi connectivity index (χ0) is 13.9. The van der Waals surface area contributed by atoms with Gasteiger partial charge < -0.3 is 15.0 Å². The molecule has 0 spiro atoms. The van der Waals surface area contributed by atoms with Gasteiger partial charge in [-0.25, -0.2) is 0 Å². The van der Waals surface area contributed by atoms with Crippen LogP contribution < -0.4 is 10.5 Å². The average Bonchev–Trinajstić information content (AvgIpc) is 2.89. The molecule has 2 N–H and O–H groups in total. The van der Waals surface area contributed by atoms with Gasteiger partial charge in [-0.1, -0.05) is 47.6 Å². The molecule has 0 saturated carbocycles. The SMILES string of the molecule is COc1ccccc1-c1noc(N)c1-c1ccccc1. The number of ether oxygens (including phenoxy) is 1. The minimum absolute atomic E-state index is 0.303. The number of aromatic nitrogens is 1. The summed E-state index contributed by atoms with van der Waals surface area (Å²) in [6.45, 7) is 0. The van der Waals surface area contributed by atoms with E-state index < -0.39 is 0 Å². The van der Waals surface area contributed by atoms with Gasteiger partial charge in [-0.05, 0) is 17.7 Å². The van der Waals surface area contributed by atoms with Gasteiger partial charge in [0.15, 0.2) is 0 Å². The number of benzene rings is 2. The predicted molar refractivity (Wildman–Crippen MR) is 78.3 cm³/mol. The zero-order valence-corrected chi connectivity index (χ0v) is 11.0. The maximum absolute atomic E-state index is 5.93. The van der Waals surface area contributed by atoms with Crippen molar-refractivity contribution in [2.45, 2.75) is 0 Å². The number of hydrogen-bond acceptors (Lipinski definition) is 4. The van der Waals surface area contributed by atoms with E-state index in [4.69, 9.17) is 15.0 Å². The Kier molecular flexibility index (Phi) is 3.13. The molecule has 0 aliphatic carbocycles. The first-order valence-electron chi connectivity index (χ1n) is 6.25. The largest absolute Gasteiger partial charge is 0.496 e. The standard InChI is InChI=1S/C16H14N2O2/c1-19-13-10-6-5-9-12(13)15-14(16(17)20-18-15)11-7-3-2-4-8-11/h2-10H,17H2,1H3. The Bertz CT molecular complexity index is 720. The third kappa shape index (κ3) is 2.01. The van der Waals surface area contributed by atoms with E-state index in [1.54, 1.807) is 7.11 Å². The summed E-state index contributed by atoms with van der Waals surface area (Å²) < 4.78 is 10.6. The molecule has 2 aromatic carbocycles. The van der Waals surface area contributed by atoms with Crippen molar-refractivity contribution in [1.29, 1.82) is 0 Å². The fraction of sp³-hybridized carbons (Fsp3) is 0.0625. The molecule has 0 aliphatic heterocycles. The highest BCUT2D eigenvalue weighted by molar-refractivity contribution is 5.88. The lowest BCUT2D eigenvalue weighted by molar-refractivity contribution is 0.414. The van der Waals surface area contributed by atoms with Crippen molar-refractivity contribution in [3.05, 3.63) is 54.6 Å². The lowest BCUT2D eigenvalue weighted by atomic mass is 10.0. The van der Waals surface area contributed by atoms with Gasteiger partial charge >= 0.3 is 0 Å². The first-order valence-corrected chi connectivity index (χ1v) is 6.25. The summed E-state index contributed by atoms with van der Waals surface area (Å²) in [7, 11) is 1.63. The monoisotopic (exact) mass is 266 g/mol. The first kappa shape index (κ1) is 12.3. The highest BCUT2D eigenvalue weighted by atomic mass is 16.5. The number of rotatable bonds is 3. The normalized spacial score (nSPS) is 10.4. The Labute approximate surface area is 116 Å². The molecule has 0 fully saturated rings. The molecule has 0 saturated heterocycles. The maximum Gasteiger partial charge on any atom is 0.230 e. The number of anilines is 1. The highest BCUT2D eigenvalue weighted by Gasteiger charge is 2.19. The van der Waals surface area contributed by atoms with E-state index in [1.165, 1.54) is 0 Å². The van der Waals surface area contributed by atoms with Crippen LogP contribution in [0, 0.1) is 0 Å². The zero-order valence-electron chi connectivity index (χ0n) is 11.0. The van der Waals surface area contributed by atoms with Crippen molar-refractivity contribution in [3.8, 4) is 28.1 Å². The fourth-order valence-corrected chi connectivity index (χ4v) is 2.21. The number of nitrogen functional groups attached to an aromatic ring is 1. The van der Waals surface area contributed by atoms with E-state index in [2.05, 4.69) is 5.16 Å². The van der Waals surface area contributed by atoms with Crippen LogP contribution >= 0.6 is 0 Å². The molecule has 0 atom stereocenters. The van der Waals surface area contributed by atoms with Gasteiger partial charge in [-0.3, -0.25) is 0 Å². The number of nitrogens with zero attached hydrogens (tertiary/aromatic N) is 1. The van der Waals surface area contributed by atoms with Crippen molar-refractivity contribution in [2.24, 2.45) is 0 Å². The summed E-state index contributed by atoms with van der Waals surface area (Å²) in [6, 6.07) is 17.5. The topological polar surface area (TPSA) is 61.3 Å². The van der Waals surface area contributed by atoms with Crippen LogP contribution in [-0.2, 0) is 0 Å². The molecule has 0 bridgehead atoms. The highest BCUT2D eigenvalue weighted by Crippen LogP contribution is 2.39. The van der Waals surface area contributed by atoms with E-state index in [0.717, 1.165) is 22.4 Å². The van der Waals surface area contributed by atoms with E-state index >= 15 is 0 Å². The summed E-state index contributed by atoms with van der Waals surface area (Å²) in [6.07, 6.45) is 0. The van der Waals surface area contributed by atoms with E-state index in [-0.39, 0.29) is 0 Å². The lowest BCUT2D eigenvalue weighted by Gasteiger charge is -2.07. The molecule has 1 aromatic heterocycles. The Morgan fingerprint density at radius 2 is 1.70 bits per heavy atom. The third-order valence-electron chi connectivity index (χ3n) is 3.14. The first-order chi connectivity index (χ1) is 9.81. The Balaban J connectivity index is 2.22. The van der Waals surface area contributed by atoms with E-state index in [0.29, 0.717) is 11.6 Å². The molecule has 4 nitrogen and oxygen atoms in total. The molecule has 3 aromatic rings. The van der Waals surface area contributed by atoms with Gasteiger partial charge in [-0.2, -0.15) is 0 Å². The Morgan fingerprint density at radius 3 is 2.45 bits per heavy atom. The fourth-order valence-electron chi connectivity index (χ4n) is 2.21. The molecule has 4 heteroatoms. The Hall–Kier alpha value is -2.75. The molecule has 0 amide bonds. The second-order valence-electron chi connectivity index (χ2n) is 4.34. The van der Waals surface area contributed by atoms with Gasteiger partial charge in [0, 0.05) is 5.56 Å². The van der Waals surface area contributed by atoms with Crippen LogP contribution in [0.15, 0.2) is 59.1 Å². The molecule has 0 aliphatic rings. The molecule has 100 valence electrons. The predicted octanol–water partition coefficient (Wildman–Crippen LogP) is 3.60. The van der Waals surface area contributed by atoms with Crippen LogP contribution in [0.2, 0.25) is 0 Å². The molecule has 0 unspecified atom stereocenters. The lowest BCUT2D eigenvalue weighted by Crippen LogP contribution is -1.90. The van der Waals surface area contributed by atoms with Crippen LogP contribution in [0.1, 0.15) is 0 Å². The van der Waals surface area contributed by atoms with Gasteiger partial charge in [0.05, 0.1) is 12.7 Å². The number of methoxy groups -OCH3 is 1. The van der Waals surface area contributed by atoms with Crippen molar-refractivity contribution in [3.63, 3.8) is 0 Å². The van der Waals surface area contributed by atoms with Crippen LogP contribution in [0.5, 0.6) is 5.75 Å². The van der Waals surface area contributed by atoms with Crippen molar-refractivity contribution in [2.75, 3.05) is 12.8 Å². The summed E-state index contributed by atoms with van der Waals surface area (Å²) in [5, 5.41) is 4.09. The van der Waals surface area contributed by atoms with Crippen LogP contribution in [-0.4, -0.2) is 12.3 Å². The van der Waals surface area contributed by atoms with Crippen molar-refractivity contribution in [1.82, 2.24) is 5.16 Å². The third-order valence-corrected chi connectivity index (χ3v) is 3.14. The Morgan fingerprint density at radius 1 is 1.00 bits per heavy atom. The van der Waals surface area contributed by atoms with Gasteiger partial charge in [0.2, 0.25) is 5.88 Å². The quantitative estimate of drug-likeness (QED) is 0.786. The van der Waals surface area contributed by atoms with Gasteiger partial charge in [0.1, 0.15) is 11.4 Å². The molecule has 1 heterocycles. The van der Waals surface area contributed by atoms with Crippen LogP contribution in [0.25, 0.3) is 22.4 Å². The number of hydrogen-bond donors (Lipinski definition) is 1. The van der Waals surface area contributed by atoms with Crippen LogP contribution in [0.4, 0.5) is 5.88 Å². The van der Waals surface area contributed by atoms with Gasteiger partial charge in [0.25, 0.3) is 0 Å².